The van der Waals surface area contributed by atoms with Crippen molar-refractivity contribution in [3.8, 4) is 12.3 Å². The van der Waals surface area contributed by atoms with E-state index in [-0.39, 0.29) is 0 Å². The Hall–Kier alpha value is -1.26. The average Bonchev–Trinajstić information content (AvgIpc) is 2.27. The average molecular weight is 215 g/mol. The molecule has 86 valence electrons. The lowest BCUT2D eigenvalue weighted by atomic mass is 10.0. The molecule has 0 spiro atoms. The highest BCUT2D eigenvalue weighted by Gasteiger charge is 2.01. The van der Waals surface area contributed by atoms with Crippen molar-refractivity contribution in [3.05, 3.63) is 35.4 Å². The fourth-order valence-corrected chi connectivity index (χ4v) is 1.74. The van der Waals surface area contributed by atoms with Gasteiger partial charge in [-0.25, -0.2) is 0 Å². The summed E-state index contributed by atoms with van der Waals surface area (Å²) in [5, 5.41) is 3.43. The van der Waals surface area contributed by atoms with E-state index in [2.05, 4.69) is 49.4 Å². The zero-order valence-corrected chi connectivity index (χ0v) is 10.3. The highest BCUT2D eigenvalue weighted by Crippen LogP contribution is 2.07. The van der Waals surface area contributed by atoms with E-state index in [4.69, 9.17) is 6.42 Å². The quantitative estimate of drug-likeness (QED) is 0.568. The van der Waals surface area contributed by atoms with Gasteiger partial charge in [-0.3, -0.25) is 0 Å². The van der Waals surface area contributed by atoms with Crippen LogP contribution >= 0.6 is 0 Å². The number of hydrogen-bond donors (Lipinski definition) is 1. The van der Waals surface area contributed by atoms with Gasteiger partial charge in [-0.05, 0) is 32.3 Å². The molecule has 0 saturated carbocycles. The summed E-state index contributed by atoms with van der Waals surface area (Å²) >= 11 is 0. The first-order chi connectivity index (χ1) is 7.72. The van der Waals surface area contributed by atoms with Gasteiger partial charge in [0, 0.05) is 19.0 Å². The van der Waals surface area contributed by atoms with E-state index in [9.17, 15) is 0 Å². The van der Waals surface area contributed by atoms with Crippen LogP contribution in [0.5, 0.6) is 0 Å². The second-order valence-electron chi connectivity index (χ2n) is 4.34. The first-order valence-electron chi connectivity index (χ1n) is 5.94. The molecular formula is C15H21N. The summed E-state index contributed by atoms with van der Waals surface area (Å²) in [7, 11) is 0. The van der Waals surface area contributed by atoms with E-state index in [0.29, 0.717) is 6.04 Å². The Morgan fingerprint density at radius 2 is 2.25 bits per heavy atom. The van der Waals surface area contributed by atoms with Gasteiger partial charge in [-0.1, -0.05) is 29.8 Å². The molecule has 0 saturated heterocycles. The second-order valence-corrected chi connectivity index (χ2v) is 4.34. The molecule has 0 aromatic heterocycles. The van der Waals surface area contributed by atoms with E-state index < -0.39 is 0 Å². The normalized spacial score (nSPS) is 12.1. The Morgan fingerprint density at radius 3 is 2.94 bits per heavy atom. The van der Waals surface area contributed by atoms with Gasteiger partial charge in [-0.2, -0.15) is 0 Å². The maximum atomic E-state index is 5.21. The maximum Gasteiger partial charge on any atom is 0.0211 e. The van der Waals surface area contributed by atoms with E-state index in [1.165, 1.54) is 11.1 Å². The molecule has 1 N–H and O–H groups in total. The number of benzene rings is 1. The minimum Gasteiger partial charge on any atom is -0.313 e. The zero-order valence-electron chi connectivity index (χ0n) is 10.3. The Kier molecular flexibility index (Phi) is 5.67. The van der Waals surface area contributed by atoms with Gasteiger partial charge in [0.25, 0.3) is 0 Å². The molecule has 1 aromatic rings. The molecule has 1 unspecified atom stereocenters. The molecule has 1 nitrogen and oxygen atoms in total. The van der Waals surface area contributed by atoms with Crippen molar-refractivity contribution in [1.29, 1.82) is 0 Å². The molecule has 0 aliphatic heterocycles. The molecule has 0 bridgehead atoms. The van der Waals surface area contributed by atoms with Crippen LogP contribution in [0.25, 0.3) is 0 Å². The Bertz CT molecular complexity index is 349. The van der Waals surface area contributed by atoms with Crippen LogP contribution in [0.1, 0.15) is 30.9 Å². The van der Waals surface area contributed by atoms with Crippen LogP contribution in [0, 0.1) is 19.3 Å². The van der Waals surface area contributed by atoms with Gasteiger partial charge in [0.15, 0.2) is 0 Å². The predicted octanol–water partition coefficient (Wildman–Crippen LogP) is 2.93. The van der Waals surface area contributed by atoms with Crippen molar-refractivity contribution in [2.75, 3.05) is 6.54 Å². The maximum absolute atomic E-state index is 5.21. The van der Waals surface area contributed by atoms with Gasteiger partial charge in [0.05, 0.1) is 0 Å². The largest absolute Gasteiger partial charge is 0.313 e. The second kappa shape index (κ2) is 7.09. The Morgan fingerprint density at radius 1 is 1.44 bits per heavy atom. The van der Waals surface area contributed by atoms with Crippen molar-refractivity contribution >= 4 is 0 Å². The lowest BCUT2D eigenvalue weighted by Crippen LogP contribution is -2.27. The summed E-state index contributed by atoms with van der Waals surface area (Å²) < 4.78 is 0. The van der Waals surface area contributed by atoms with Crippen molar-refractivity contribution in [1.82, 2.24) is 5.32 Å². The third-order valence-corrected chi connectivity index (χ3v) is 2.71. The smallest absolute Gasteiger partial charge is 0.0211 e. The summed E-state index contributed by atoms with van der Waals surface area (Å²) in [4.78, 5) is 0. The van der Waals surface area contributed by atoms with Crippen molar-refractivity contribution in [3.63, 3.8) is 0 Å². The molecule has 0 fully saturated rings. The van der Waals surface area contributed by atoms with Crippen molar-refractivity contribution in [2.45, 2.75) is 39.2 Å². The summed E-state index contributed by atoms with van der Waals surface area (Å²) in [6.45, 7) is 5.27. The van der Waals surface area contributed by atoms with E-state index >= 15 is 0 Å². The van der Waals surface area contributed by atoms with Crippen molar-refractivity contribution < 1.29 is 0 Å². The number of aryl methyl sites for hydroxylation is 2. The Balaban J connectivity index is 2.26. The fourth-order valence-electron chi connectivity index (χ4n) is 1.74. The van der Waals surface area contributed by atoms with Crippen molar-refractivity contribution in [2.24, 2.45) is 0 Å². The van der Waals surface area contributed by atoms with Crippen LogP contribution in [0.4, 0.5) is 0 Å². The van der Waals surface area contributed by atoms with Gasteiger partial charge in [-0.15, -0.1) is 12.3 Å². The fraction of sp³-hybridized carbons (Fsp3) is 0.467. The molecule has 16 heavy (non-hydrogen) atoms. The molecular weight excluding hydrogens is 194 g/mol. The molecule has 0 amide bonds. The highest BCUT2D eigenvalue weighted by atomic mass is 14.9. The molecule has 1 heteroatoms. The number of rotatable bonds is 6. The van der Waals surface area contributed by atoms with Crippen LogP contribution in [0.15, 0.2) is 24.3 Å². The summed E-state index contributed by atoms with van der Waals surface area (Å²) in [5.74, 6) is 2.64. The van der Waals surface area contributed by atoms with Gasteiger partial charge in [0.1, 0.15) is 0 Å². The van der Waals surface area contributed by atoms with E-state index in [0.717, 1.165) is 25.8 Å². The molecule has 1 aromatic carbocycles. The molecule has 1 atom stereocenters. The molecule has 0 aliphatic rings. The third kappa shape index (κ3) is 5.00. The van der Waals surface area contributed by atoms with Crippen LogP contribution in [-0.4, -0.2) is 12.6 Å². The van der Waals surface area contributed by atoms with Crippen LogP contribution in [0.2, 0.25) is 0 Å². The molecule has 0 aliphatic carbocycles. The number of nitrogens with one attached hydrogen (secondary N) is 1. The topological polar surface area (TPSA) is 12.0 Å². The van der Waals surface area contributed by atoms with Crippen LogP contribution in [0.3, 0.4) is 0 Å². The summed E-state index contributed by atoms with van der Waals surface area (Å²) in [6, 6.07) is 9.25. The lowest BCUT2D eigenvalue weighted by Gasteiger charge is -2.12. The standard InChI is InChI=1S/C15H21N/c1-4-5-11-16-14(3)9-10-15-8-6-7-13(2)12-15/h1,6-8,12,14,16H,5,9-11H2,2-3H3. The lowest BCUT2D eigenvalue weighted by molar-refractivity contribution is 0.522. The third-order valence-electron chi connectivity index (χ3n) is 2.71. The summed E-state index contributed by atoms with van der Waals surface area (Å²) in [5.41, 5.74) is 2.76. The van der Waals surface area contributed by atoms with Crippen LogP contribution < -0.4 is 5.32 Å². The predicted molar refractivity (Wildman–Crippen MR) is 70.4 cm³/mol. The molecule has 1 rings (SSSR count). The molecule has 0 heterocycles. The van der Waals surface area contributed by atoms with Gasteiger partial charge in [0.2, 0.25) is 0 Å². The monoisotopic (exact) mass is 215 g/mol. The van der Waals surface area contributed by atoms with E-state index in [1.54, 1.807) is 0 Å². The minimum absolute atomic E-state index is 0.536. The van der Waals surface area contributed by atoms with Gasteiger partial charge >= 0.3 is 0 Å². The number of terminal acetylenes is 1. The highest BCUT2D eigenvalue weighted by molar-refractivity contribution is 5.22. The first-order valence-corrected chi connectivity index (χ1v) is 5.94. The number of hydrogen-bond acceptors (Lipinski definition) is 1. The van der Waals surface area contributed by atoms with E-state index in [1.807, 2.05) is 0 Å². The Labute approximate surface area is 99.3 Å². The minimum atomic E-state index is 0.536. The van der Waals surface area contributed by atoms with Crippen LogP contribution in [-0.2, 0) is 6.42 Å². The summed E-state index contributed by atoms with van der Waals surface area (Å²) in [6.07, 6.45) is 8.31. The first kappa shape index (κ1) is 12.8. The SMILES string of the molecule is C#CCCNC(C)CCc1cccc(C)c1. The van der Waals surface area contributed by atoms with Gasteiger partial charge < -0.3 is 5.32 Å². The zero-order chi connectivity index (χ0) is 11.8. The molecule has 0 radical (unpaired) electrons.